The minimum absolute atomic E-state index is 0.377. The van der Waals surface area contributed by atoms with Gasteiger partial charge in [-0.25, -0.2) is 0 Å². The van der Waals surface area contributed by atoms with E-state index < -0.39 is 0 Å². The van der Waals surface area contributed by atoms with Crippen LogP contribution in [0.3, 0.4) is 0 Å². The molecular weight excluding hydrogens is 220 g/mol. The van der Waals surface area contributed by atoms with Crippen LogP contribution in [0.5, 0.6) is 0 Å². The second-order valence-electron chi connectivity index (χ2n) is 7.53. The molecule has 0 aromatic rings. The van der Waals surface area contributed by atoms with Gasteiger partial charge in [0.2, 0.25) is 0 Å². The molecule has 2 rings (SSSR count). The van der Waals surface area contributed by atoms with Crippen LogP contribution in [0.4, 0.5) is 0 Å². The van der Waals surface area contributed by atoms with Crippen molar-refractivity contribution >= 4 is 0 Å². The highest BCUT2D eigenvalue weighted by Gasteiger charge is 2.43. The second kappa shape index (κ2) is 5.50. The number of hydrogen-bond donors (Lipinski definition) is 1. The molecule has 18 heavy (non-hydrogen) atoms. The van der Waals surface area contributed by atoms with E-state index in [1.807, 2.05) is 0 Å². The Morgan fingerprint density at radius 2 is 1.83 bits per heavy atom. The molecule has 1 saturated carbocycles. The standard InChI is InChI=1S/C16H32N2/c1-5-11-18-12-14(15(2,3)4)17-13-16(18)9-7-6-8-10-16/h14,17H,5-13H2,1-4H3. The third kappa shape index (κ3) is 2.91. The van der Waals surface area contributed by atoms with E-state index in [9.17, 15) is 0 Å². The van der Waals surface area contributed by atoms with E-state index in [0.717, 1.165) is 0 Å². The molecule has 0 radical (unpaired) electrons. The Kier molecular flexibility index (Phi) is 4.38. The summed E-state index contributed by atoms with van der Waals surface area (Å²) in [4.78, 5) is 2.83. The minimum Gasteiger partial charge on any atom is -0.310 e. The Labute approximate surface area is 114 Å². The number of hydrogen-bond acceptors (Lipinski definition) is 2. The van der Waals surface area contributed by atoms with Gasteiger partial charge < -0.3 is 5.32 Å². The lowest BCUT2D eigenvalue weighted by Gasteiger charge is -2.54. The van der Waals surface area contributed by atoms with E-state index in [-0.39, 0.29) is 0 Å². The van der Waals surface area contributed by atoms with Crippen molar-refractivity contribution in [1.82, 2.24) is 10.2 Å². The first-order valence-electron chi connectivity index (χ1n) is 7.96. The van der Waals surface area contributed by atoms with E-state index in [1.54, 1.807) is 0 Å². The Hall–Kier alpha value is -0.0800. The van der Waals surface area contributed by atoms with Crippen LogP contribution in [0.25, 0.3) is 0 Å². The van der Waals surface area contributed by atoms with Gasteiger partial charge >= 0.3 is 0 Å². The smallest absolute Gasteiger partial charge is 0.0334 e. The highest BCUT2D eigenvalue weighted by molar-refractivity contribution is 5.02. The maximum absolute atomic E-state index is 3.87. The van der Waals surface area contributed by atoms with E-state index >= 15 is 0 Å². The van der Waals surface area contributed by atoms with Crippen LogP contribution >= 0.6 is 0 Å². The number of rotatable bonds is 2. The van der Waals surface area contributed by atoms with Crippen molar-refractivity contribution in [3.8, 4) is 0 Å². The van der Waals surface area contributed by atoms with Crippen LogP contribution in [0.15, 0.2) is 0 Å². The van der Waals surface area contributed by atoms with E-state index in [2.05, 4.69) is 37.9 Å². The van der Waals surface area contributed by atoms with Gasteiger partial charge in [0.05, 0.1) is 0 Å². The van der Waals surface area contributed by atoms with Crippen molar-refractivity contribution in [1.29, 1.82) is 0 Å². The molecule has 0 amide bonds. The van der Waals surface area contributed by atoms with Gasteiger partial charge in [0.15, 0.2) is 0 Å². The van der Waals surface area contributed by atoms with Gasteiger partial charge in [-0.1, -0.05) is 47.0 Å². The van der Waals surface area contributed by atoms with Gasteiger partial charge in [0, 0.05) is 24.7 Å². The first kappa shape index (κ1) is 14.3. The predicted octanol–water partition coefficient (Wildman–Crippen LogP) is 3.42. The molecule has 0 aromatic heterocycles. The van der Waals surface area contributed by atoms with Crippen LogP contribution in [0.2, 0.25) is 0 Å². The summed E-state index contributed by atoms with van der Waals surface area (Å²) in [6.45, 7) is 13.2. The highest BCUT2D eigenvalue weighted by Crippen LogP contribution is 2.37. The van der Waals surface area contributed by atoms with Crippen LogP contribution in [-0.2, 0) is 0 Å². The maximum atomic E-state index is 3.87. The summed E-state index contributed by atoms with van der Waals surface area (Å²) in [5.74, 6) is 0. The highest BCUT2D eigenvalue weighted by atomic mass is 15.3. The zero-order valence-corrected chi connectivity index (χ0v) is 12.9. The molecule has 1 heterocycles. The molecular formula is C16H32N2. The molecule has 2 heteroatoms. The summed E-state index contributed by atoms with van der Waals surface area (Å²) in [6.07, 6.45) is 8.43. The largest absolute Gasteiger partial charge is 0.310 e. The van der Waals surface area contributed by atoms with Gasteiger partial charge in [-0.2, -0.15) is 0 Å². The summed E-state index contributed by atoms with van der Waals surface area (Å²) in [6, 6.07) is 0.650. The first-order valence-corrected chi connectivity index (χ1v) is 7.96. The summed E-state index contributed by atoms with van der Waals surface area (Å²) < 4.78 is 0. The molecule has 1 atom stereocenters. The molecule has 2 aliphatic rings. The maximum Gasteiger partial charge on any atom is 0.0334 e. The van der Waals surface area contributed by atoms with Gasteiger partial charge in [-0.15, -0.1) is 0 Å². The Morgan fingerprint density at radius 1 is 1.17 bits per heavy atom. The van der Waals surface area contributed by atoms with Gasteiger partial charge in [-0.05, 0) is 31.2 Å². The molecule has 1 spiro atoms. The third-order valence-electron chi connectivity index (χ3n) is 5.07. The van der Waals surface area contributed by atoms with Crippen LogP contribution in [0.1, 0.15) is 66.2 Å². The molecule has 0 aromatic carbocycles. The van der Waals surface area contributed by atoms with Crippen molar-refractivity contribution in [3.63, 3.8) is 0 Å². The SMILES string of the molecule is CCCN1CC(C(C)(C)C)NCC12CCCCC2. The topological polar surface area (TPSA) is 15.3 Å². The normalized spacial score (nSPS) is 29.7. The third-order valence-corrected chi connectivity index (χ3v) is 5.07. The zero-order chi connectivity index (χ0) is 13.2. The zero-order valence-electron chi connectivity index (χ0n) is 12.9. The summed E-state index contributed by atoms with van der Waals surface area (Å²) in [7, 11) is 0. The molecule has 2 nitrogen and oxygen atoms in total. The second-order valence-corrected chi connectivity index (χ2v) is 7.53. The lowest BCUT2D eigenvalue weighted by molar-refractivity contribution is -0.00988. The van der Waals surface area contributed by atoms with Gasteiger partial charge in [0.25, 0.3) is 0 Å². The molecule has 0 bridgehead atoms. The number of piperazine rings is 1. The quantitative estimate of drug-likeness (QED) is 0.810. The fraction of sp³-hybridized carbons (Fsp3) is 1.00. The molecule has 1 saturated heterocycles. The van der Waals surface area contributed by atoms with Crippen molar-refractivity contribution in [3.05, 3.63) is 0 Å². The van der Waals surface area contributed by atoms with Crippen molar-refractivity contribution in [2.24, 2.45) is 5.41 Å². The number of nitrogens with one attached hydrogen (secondary N) is 1. The Morgan fingerprint density at radius 3 is 2.39 bits per heavy atom. The van der Waals surface area contributed by atoms with E-state index in [1.165, 1.54) is 58.2 Å². The fourth-order valence-corrected chi connectivity index (χ4v) is 3.78. The Bertz CT molecular complexity index is 261. The van der Waals surface area contributed by atoms with Crippen molar-refractivity contribution < 1.29 is 0 Å². The van der Waals surface area contributed by atoms with Crippen molar-refractivity contribution in [2.75, 3.05) is 19.6 Å². The summed E-state index contributed by atoms with van der Waals surface area (Å²) in [5, 5.41) is 3.87. The van der Waals surface area contributed by atoms with E-state index in [4.69, 9.17) is 0 Å². The van der Waals surface area contributed by atoms with Crippen LogP contribution in [-0.4, -0.2) is 36.1 Å². The molecule has 1 aliphatic carbocycles. The Balaban J connectivity index is 2.09. The number of nitrogens with zero attached hydrogens (tertiary/aromatic N) is 1. The molecule has 1 aliphatic heterocycles. The van der Waals surface area contributed by atoms with Gasteiger partial charge in [0.1, 0.15) is 0 Å². The average molecular weight is 252 g/mol. The fourth-order valence-electron chi connectivity index (χ4n) is 3.78. The first-order chi connectivity index (χ1) is 8.48. The molecule has 106 valence electrons. The summed E-state index contributed by atoms with van der Waals surface area (Å²) in [5.41, 5.74) is 0.873. The van der Waals surface area contributed by atoms with Gasteiger partial charge in [-0.3, -0.25) is 4.90 Å². The molecule has 1 unspecified atom stereocenters. The lowest BCUT2D eigenvalue weighted by Crippen LogP contribution is -2.67. The average Bonchev–Trinajstić information content (AvgIpc) is 2.32. The molecule has 1 N–H and O–H groups in total. The van der Waals surface area contributed by atoms with E-state index in [0.29, 0.717) is 17.0 Å². The monoisotopic (exact) mass is 252 g/mol. The lowest BCUT2D eigenvalue weighted by atomic mass is 9.75. The molecule has 2 fully saturated rings. The van der Waals surface area contributed by atoms with Crippen LogP contribution < -0.4 is 5.32 Å². The van der Waals surface area contributed by atoms with Crippen LogP contribution in [0, 0.1) is 5.41 Å². The predicted molar refractivity (Wildman–Crippen MR) is 78.9 cm³/mol. The van der Waals surface area contributed by atoms with Crippen molar-refractivity contribution in [2.45, 2.75) is 77.8 Å². The summed E-state index contributed by atoms with van der Waals surface area (Å²) >= 11 is 0. The minimum atomic E-state index is 0.377.